The molecule has 6 heteroatoms. The third-order valence-electron chi connectivity index (χ3n) is 4.55. The number of ether oxygens (including phenoxy) is 1. The molecule has 3 rings (SSSR count). The molecule has 26 heavy (non-hydrogen) atoms. The van der Waals surface area contributed by atoms with Gasteiger partial charge < -0.3 is 9.64 Å². The van der Waals surface area contributed by atoms with Crippen LogP contribution < -0.4 is 4.74 Å². The Morgan fingerprint density at radius 2 is 1.85 bits per heavy atom. The summed E-state index contributed by atoms with van der Waals surface area (Å²) in [5.74, 6) is 2.51. The highest BCUT2D eigenvalue weighted by atomic mass is 35.5. The van der Waals surface area contributed by atoms with Crippen LogP contribution in [0.1, 0.15) is 12.5 Å². The van der Waals surface area contributed by atoms with Crippen LogP contribution in [0.2, 0.25) is 5.02 Å². The minimum Gasteiger partial charge on any atom is -0.473 e. The molecule has 0 aliphatic carbocycles. The summed E-state index contributed by atoms with van der Waals surface area (Å²) in [6, 6.07) is 13.4. The number of hydrogen-bond donors (Lipinski definition) is 0. The number of benzene rings is 2. The molecule has 0 spiro atoms. The molecule has 4 nitrogen and oxygen atoms in total. The molecule has 1 fully saturated rings. The van der Waals surface area contributed by atoms with Crippen molar-refractivity contribution in [3.63, 3.8) is 0 Å². The zero-order valence-electron chi connectivity index (χ0n) is 14.5. The van der Waals surface area contributed by atoms with Crippen LogP contribution in [-0.4, -0.2) is 41.6 Å². The maximum atomic E-state index is 13.1. The van der Waals surface area contributed by atoms with Crippen LogP contribution in [0.4, 0.5) is 4.39 Å². The summed E-state index contributed by atoms with van der Waals surface area (Å²) in [5.41, 5.74) is 1.57. The van der Waals surface area contributed by atoms with Gasteiger partial charge in [-0.2, -0.15) is 0 Å². The van der Waals surface area contributed by atoms with Gasteiger partial charge in [0.15, 0.2) is 6.73 Å². The van der Waals surface area contributed by atoms with Crippen LogP contribution in [0.25, 0.3) is 0 Å². The van der Waals surface area contributed by atoms with Gasteiger partial charge in [0.2, 0.25) is 0 Å². The van der Waals surface area contributed by atoms with Crippen LogP contribution in [0, 0.1) is 5.82 Å². The molecule has 1 heterocycles. The number of rotatable bonds is 5. The summed E-state index contributed by atoms with van der Waals surface area (Å²) in [6.45, 7) is 4.33. The quantitative estimate of drug-likeness (QED) is 0.746. The van der Waals surface area contributed by atoms with Crippen molar-refractivity contribution in [2.75, 3.05) is 19.8 Å². The van der Waals surface area contributed by atoms with Gasteiger partial charge in [0.25, 0.3) is 0 Å². The highest BCUT2D eigenvalue weighted by Gasteiger charge is 2.29. The molecule has 2 aromatic carbocycles. The van der Waals surface area contributed by atoms with Gasteiger partial charge in [-0.3, -0.25) is 4.90 Å². The Morgan fingerprint density at radius 3 is 2.50 bits per heavy atom. The fourth-order valence-corrected chi connectivity index (χ4v) is 3.13. The molecule has 136 valence electrons. The lowest BCUT2D eigenvalue weighted by atomic mass is 10.1. The van der Waals surface area contributed by atoms with E-state index in [0.717, 1.165) is 12.1 Å². The maximum absolute atomic E-state index is 13.1. The Labute approximate surface area is 157 Å². The van der Waals surface area contributed by atoms with Crippen molar-refractivity contribution in [1.82, 2.24) is 9.80 Å². The van der Waals surface area contributed by atoms with E-state index in [9.17, 15) is 9.18 Å². The van der Waals surface area contributed by atoms with Crippen molar-refractivity contribution >= 4 is 17.5 Å². The van der Waals surface area contributed by atoms with E-state index in [0.29, 0.717) is 29.6 Å². The van der Waals surface area contributed by atoms with E-state index in [-0.39, 0.29) is 18.6 Å². The predicted octanol–water partition coefficient (Wildman–Crippen LogP) is 3.74. The van der Waals surface area contributed by atoms with E-state index >= 15 is 0 Å². The first-order valence-electron chi connectivity index (χ1n) is 8.43. The summed E-state index contributed by atoms with van der Waals surface area (Å²) < 4.78 is 18.8. The molecular weight excluding hydrogens is 355 g/mol. The summed E-state index contributed by atoms with van der Waals surface area (Å²) in [4.78, 5) is 15.6. The van der Waals surface area contributed by atoms with Crippen LogP contribution in [0.15, 0.2) is 54.2 Å². The van der Waals surface area contributed by atoms with E-state index in [2.05, 4.69) is 10.8 Å². The Bertz CT molecular complexity index is 784. The second-order valence-corrected chi connectivity index (χ2v) is 6.69. The number of halogens is 2. The van der Waals surface area contributed by atoms with E-state index < -0.39 is 0 Å². The van der Waals surface area contributed by atoms with Gasteiger partial charge in [0.05, 0.1) is 6.04 Å². The van der Waals surface area contributed by atoms with Crippen LogP contribution in [-0.2, 0) is 11.3 Å². The van der Waals surface area contributed by atoms with Gasteiger partial charge in [-0.25, -0.2) is 9.18 Å². The molecule has 1 aliphatic rings. The van der Waals surface area contributed by atoms with Crippen molar-refractivity contribution in [2.45, 2.75) is 19.5 Å². The first kappa shape index (κ1) is 18.5. The molecule has 2 aromatic rings. The topological polar surface area (TPSA) is 32.8 Å². The average Bonchev–Trinajstić information content (AvgIpc) is 2.65. The predicted molar refractivity (Wildman–Crippen MR) is 99.1 cm³/mol. The van der Waals surface area contributed by atoms with Crippen molar-refractivity contribution in [2.24, 2.45) is 0 Å². The second kappa shape index (κ2) is 8.37. The normalized spacial score (nSPS) is 17.9. The zero-order valence-corrected chi connectivity index (χ0v) is 15.2. The molecular formula is C20H20ClFN2O2. The Kier molecular flexibility index (Phi) is 5.94. The number of piperazine rings is 1. The Morgan fingerprint density at radius 1 is 1.15 bits per heavy atom. The van der Waals surface area contributed by atoms with Gasteiger partial charge in [-0.05, 0) is 48.9 Å². The fraction of sp³-hybridized carbons (Fsp3) is 0.300. The van der Waals surface area contributed by atoms with Gasteiger partial charge >= 0.3 is 0 Å². The fourth-order valence-electron chi connectivity index (χ4n) is 3.01. The van der Waals surface area contributed by atoms with Gasteiger partial charge in [0.1, 0.15) is 23.2 Å². The molecule has 0 radical (unpaired) electrons. The van der Waals surface area contributed by atoms with E-state index in [1.807, 2.05) is 11.8 Å². The molecule has 0 saturated carbocycles. The summed E-state index contributed by atoms with van der Waals surface area (Å²) in [5, 5.41) is 0.647. The second-order valence-electron chi connectivity index (χ2n) is 6.25. The summed E-state index contributed by atoms with van der Waals surface area (Å²) >= 11 is 5.87. The molecule has 0 aromatic heterocycles. The van der Waals surface area contributed by atoms with Crippen LogP contribution in [0.5, 0.6) is 5.75 Å². The maximum Gasteiger partial charge on any atom is 0.161 e. The van der Waals surface area contributed by atoms with Crippen molar-refractivity contribution < 1.29 is 13.9 Å². The first-order chi connectivity index (χ1) is 12.6. The number of nitrogens with zero attached hydrogens (tertiary/aromatic N) is 2. The van der Waals surface area contributed by atoms with Crippen molar-refractivity contribution in [1.29, 1.82) is 0 Å². The summed E-state index contributed by atoms with van der Waals surface area (Å²) in [6.07, 6.45) is 0. The lowest BCUT2D eigenvalue weighted by Crippen LogP contribution is -2.50. The summed E-state index contributed by atoms with van der Waals surface area (Å²) in [7, 11) is 0. The van der Waals surface area contributed by atoms with Gasteiger partial charge in [-0.15, -0.1) is 0 Å². The van der Waals surface area contributed by atoms with Crippen LogP contribution in [0.3, 0.4) is 0 Å². The minimum atomic E-state index is -0.251. The van der Waals surface area contributed by atoms with Gasteiger partial charge in [0, 0.05) is 24.7 Å². The SMILES string of the molecule is CC1C(=C=O)N(COc2ccc(Cl)cc2)CCN1Cc1ccc(F)cc1. The smallest absolute Gasteiger partial charge is 0.161 e. The van der Waals surface area contributed by atoms with E-state index in [4.69, 9.17) is 16.3 Å². The molecule has 0 N–H and O–H groups in total. The Hall–Kier alpha value is -2.33. The van der Waals surface area contributed by atoms with Crippen molar-refractivity contribution in [3.8, 4) is 5.75 Å². The monoisotopic (exact) mass is 374 g/mol. The number of hydrogen-bond acceptors (Lipinski definition) is 4. The Balaban J connectivity index is 1.62. The standard InChI is InChI=1S/C20H20ClFN2O2/c1-15-20(13-25)24(14-26-19-8-4-17(21)5-9-19)11-10-23(15)12-16-2-6-18(22)7-3-16/h2-9,15H,10-12,14H2,1H3. The zero-order chi connectivity index (χ0) is 18.5. The number of carbonyl (C=O) groups excluding carboxylic acids is 1. The third-order valence-corrected chi connectivity index (χ3v) is 4.80. The van der Waals surface area contributed by atoms with Gasteiger partial charge in [-0.1, -0.05) is 23.7 Å². The molecule has 1 aliphatic heterocycles. The first-order valence-corrected chi connectivity index (χ1v) is 8.81. The third kappa shape index (κ3) is 4.44. The molecule has 0 amide bonds. The lowest BCUT2D eigenvalue weighted by molar-refractivity contribution is 0.0733. The molecule has 1 unspecified atom stereocenters. The van der Waals surface area contributed by atoms with Crippen molar-refractivity contribution in [3.05, 3.63) is 70.6 Å². The molecule has 1 saturated heterocycles. The lowest BCUT2D eigenvalue weighted by Gasteiger charge is -2.40. The van der Waals surface area contributed by atoms with E-state index in [1.54, 1.807) is 36.4 Å². The average molecular weight is 375 g/mol. The molecule has 1 atom stereocenters. The molecule has 0 bridgehead atoms. The highest BCUT2D eigenvalue weighted by molar-refractivity contribution is 6.30. The largest absolute Gasteiger partial charge is 0.473 e. The highest BCUT2D eigenvalue weighted by Crippen LogP contribution is 2.22. The van der Waals surface area contributed by atoms with E-state index in [1.165, 1.54) is 12.1 Å². The van der Waals surface area contributed by atoms with Crippen LogP contribution >= 0.6 is 11.6 Å². The minimum absolute atomic E-state index is 0.0971.